The number of carbonyl (C=O) groups is 2. The Morgan fingerprint density at radius 1 is 1.08 bits per heavy atom. The van der Waals surface area contributed by atoms with Gasteiger partial charge in [0.25, 0.3) is 5.78 Å². The monoisotopic (exact) mass is 520 g/mol. The van der Waals surface area contributed by atoms with Gasteiger partial charge in [0.2, 0.25) is 0 Å². The van der Waals surface area contributed by atoms with Crippen LogP contribution in [0.3, 0.4) is 0 Å². The molecule has 0 spiro atoms. The van der Waals surface area contributed by atoms with Gasteiger partial charge in [0.05, 0.1) is 35.5 Å². The molecule has 0 saturated carbocycles. The summed E-state index contributed by atoms with van der Waals surface area (Å²) in [5, 5.41) is 12.2. The highest BCUT2D eigenvalue weighted by molar-refractivity contribution is 7.22. The maximum absolute atomic E-state index is 13.4. The summed E-state index contributed by atoms with van der Waals surface area (Å²) in [5.41, 5.74) is 1.60. The number of aliphatic hydroxyl groups is 1. The van der Waals surface area contributed by atoms with Crippen molar-refractivity contribution in [3.63, 3.8) is 0 Å². The fourth-order valence-corrected chi connectivity index (χ4v) is 5.45. The molecule has 1 aliphatic heterocycles. The van der Waals surface area contributed by atoms with Gasteiger partial charge in [0, 0.05) is 10.6 Å². The van der Waals surface area contributed by atoms with E-state index < -0.39 is 17.7 Å². The van der Waals surface area contributed by atoms with E-state index in [9.17, 15) is 14.7 Å². The number of amides is 1. The molecule has 7 nitrogen and oxygen atoms in total. The van der Waals surface area contributed by atoms with Crippen LogP contribution in [0.4, 0.5) is 5.13 Å². The number of nitrogens with zero attached hydrogens (tertiary/aromatic N) is 2. The molecular formula is C27H21ClN2O5S. The lowest BCUT2D eigenvalue weighted by molar-refractivity contribution is -0.132. The number of carbonyl (C=O) groups excluding carboxylic acids is 2. The van der Waals surface area contributed by atoms with E-state index in [0.29, 0.717) is 44.9 Å². The Morgan fingerprint density at radius 3 is 2.58 bits per heavy atom. The van der Waals surface area contributed by atoms with Gasteiger partial charge in [0.1, 0.15) is 17.3 Å². The maximum Gasteiger partial charge on any atom is 0.301 e. The molecule has 1 aliphatic rings. The first-order chi connectivity index (χ1) is 17.4. The van der Waals surface area contributed by atoms with Crippen LogP contribution in [0.25, 0.3) is 16.0 Å². The van der Waals surface area contributed by atoms with Crippen molar-refractivity contribution in [3.05, 3.63) is 88.5 Å². The number of Topliss-reactive ketones (excluding diaryl/α,β-unsaturated/α-hetero) is 1. The summed E-state index contributed by atoms with van der Waals surface area (Å²) in [7, 11) is 1.53. The Kier molecular flexibility index (Phi) is 6.38. The quantitative estimate of drug-likeness (QED) is 0.191. The number of rotatable bonds is 6. The van der Waals surface area contributed by atoms with Crippen LogP contribution in [0.5, 0.6) is 11.5 Å². The Labute approximate surface area is 216 Å². The van der Waals surface area contributed by atoms with Gasteiger partial charge < -0.3 is 14.6 Å². The van der Waals surface area contributed by atoms with E-state index in [0.717, 1.165) is 4.70 Å². The Bertz CT molecular complexity index is 1510. The van der Waals surface area contributed by atoms with E-state index in [-0.39, 0.29) is 11.3 Å². The molecule has 9 heteroatoms. The smallest absolute Gasteiger partial charge is 0.301 e. The van der Waals surface area contributed by atoms with E-state index >= 15 is 0 Å². The molecule has 1 amide bonds. The van der Waals surface area contributed by atoms with E-state index in [4.69, 9.17) is 21.1 Å². The van der Waals surface area contributed by atoms with Crippen molar-refractivity contribution in [1.82, 2.24) is 4.98 Å². The number of hydrogen-bond donors (Lipinski definition) is 1. The van der Waals surface area contributed by atoms with Crippen LogP contribution >= 0.6 is 22.9 Å². The third kappa shape index (κ3) is 4.19. The lowest BCUT2D eigenvalue weighted by Gasteiger charge is -2.23. The van der Waals surface area contributed by atoms with E-state index in [1.807, 2.05) is 6.92 Å². The minimum atomic E-state index is -0.914. The average molecular weight is 521 g/mol. The first-order valence-electron chi connectivity index (χ1n) is 11.2. The number of halogens is 1. The lowest BCUT2D eigenvalue weighted by atomic mass is 9.95. The number of ether oxygens (including phenoxy) is 2. The van der Waals surface area contributed by atoms with Crippen LogP contribution in [0.1, 0.15) is 24.1 Å². The number of hydrogen-bond acceptors (Lipinski definition) is 7. The molecule has 1 N–H and O–H groups in total. The van der Waals surface area contributed by atoms with E-state index in [1.165, 1.54) is 23.3 Å². The van der Waals surface area contributed by atoms with Crippen LogP contribution in [-0.2, 0) is 9.59 Å². The van der Waals surface area contributed by atoms with Crippen LogP contribution in [0, 0.1) is 0 Å². The van der Waals surface area contributed by atoms with Crippen molar-refractivity contribution in [2.75, 3.05) is 18.6 Å². The molecule has 5 rings (SSSR count). The summed E-state index contributed by atoms with van der Waals surface area (Å²) < 4.78 is 11.6. The van der Waals surface area contributed by atoms with E-state index in [1.54, 1.807) is 66.7 Å². The van der Waals surface area contributed by atoms with Gasteiger partial charge in [-0.2, -0.15) is 0 Å². The first-order valence-corrected chi connectivity index (χ1v) is 12.3. The molecule has 3 aromatic carbocycles. The third-order valence-electron chi connectivity index (χ3n) is 5.84. The molecule has 4 aromatic rings. The number of aromatic nitrogens is 1. The maximum atomic E-state index is 13.4. The third-order valence-corrected chi connectivity index (χ3v) is 7.09. The number of fused-ring (bicyclic) bond motifs is 1. The van der Waals surface area contributed by atoms with Crippen molar-refractivity contribution in [3.8, 4) is 11.5 Å². The van der Waals surface area contributed by atoms with Gasteiger partial charge in [-0.15, -0.1) is 0 Å². The standard InChI is InChI=1S/C27H21ClN2O5S/c1-3-35-18-10-7-15(8-11-18)24(31)22-23(16-5-4-6-19(13-16)34-2)30(26(33)25(22)32)27-29-20-12-9-17(28)14-21(20)36-27/h4-14,23,31H,3H2,1-2H3/b24-22+. The molecule has 1 aromatic heterocycles. The highest BCUT2D eigenvalue weighted by Crippen LogP contribution is 2.45. The molecule has 1 atom stereocenters. The largest absolute Gasteiger partial charge is 0.507 e. The number of anilines is 1. The number of methoxy groups -OCH3 is 1. The number of ketones is 1. The first kappa shape index (κ1) is 23.8. The molecule has 0 radical (unpaired) electrons. The molecule has 36 heavy (non-hydrogen) atoms. The predicted octanol–water partition coefficient (Wildman–Crippen LogP) is 5.98. The number of aliphatic hydroxyl groups excluding tert-OH is 1. The van der Waals surface area contributed by atoms with Crippen molar-refractivity contribution in [1.29, 1.82) is 0 Å². The van der Waals surface area contributed by atoms with Crippen molar-refractivity contribution in [2.24, 2.45) is 0 Å². The molecule has 1 fully saturated rings. The normalized spacial score (nSPS) is 17.1. The summed E-state index contributed by atoms with van der Waals surface area (Å²) in [6.07, 6.45) is 0. The highest BCUT2D eigenvalue weighted by Gasteiger charge is 2.48. The Balaban J connectivity index is 1.69. The van der Waals surface area contributed by atoms with Gasteiger partial charge >= 0.3 is 5.91 Å². The fraction of sp³-hybridized carbons (Fsp3) is 0.148. The average Bonchev–Trinajstić information content (AvgIpc) is 3.42. The van der Waals surface area contributed by atoms with Gasteiger partial charge in [-0.3, -0.25) is 14.5 Å². The summed E-state index contributed by atoms with van der Waals surface area (Å²) in [6.45, 7) is 2.37. The minimum absolute atomic E-state index is 0.0327. The zero-order chi connectivity index (χ0) is 25.4. The minimum Gasteiger partial charge on any atom is -0.507 e. The zero-order valence-corrected chi connectivity index (χ0v) is 21.0. The molecule has 1 unspecified atom stereocenters. The van der Waals surface area contributed by atoms with Crippen LogP contribution in [0.15, 0.2) is 72.3 Å². The van der Waals surface area contributed by atoms with Gasteiger partial charge in [-0.1, -0.05) is 35.1 Å². The van der Waals surface area contributed by atoms with Gasteiger partial charge in [-0.05, 0) is 67.1 Å². The SMILES string of the molecule is CCOc1ccc(/C(O)=C2\C(=O)C(=O)N(c3nc4ccc(Cl)cc4s3)C2c2cccc(OC)c2)cc1. The predicted molar refractivity (Wildman–Crippen MR) is 140 cm³/mol. The van der Waals surface area contributed by atoms with Crippen molar-refractivity contribution < 1.29 is 24.2 Å². The fourth-order valence-electron chi connectivity index (χ4n) is 4.18. The molecule has 2 heterocycles. The summed E-state index contributed by atoms with van der Waals surface area (Å²) in [6, 6.07) is 18.1. The van der Waals surface area contributed by atoms with Gasteiger partial charge in [-0.25, -0.2) is 4.98 Å². The Hall–Kier alpha value is -3.88. The van der Waals surface area contributed by atoms with Crippen molar-refractivity contribution >= 4 is 55.7 Å². The van der Waals surface area contributed by atoms with Crippen LogP contribution in [-0.4, -0.2) is 35.5 Å². The molecular weight excluding hydrogens is 500 g/mol. The van der Waals surface area contributed by atoms with Crippen molar-refractivity contribution in [2.45, 2.75) is 13.0 Å². The summed E-state index contributed by atoms with van der Waals surface area (Å²) >= 11 is 7.39. The number of thiazole rings is 1. The van der Waals surface area contributed by atoms with Gasteiger partial charge in [0.15, 0.2) is 5.13 Å². The van der Waals surface area contributed by atoms with Crippen LogP contribution in [0.2, 0.25) is 5.02 Å². The lowest BCUT2D eigenvalue weighted by Crippen LogP contribution is -2.29. The van der Waals surface area contributed by atoms with Crippen LogP contribution < -0.4 is 14.4 Å². The van der Waals surface area contributed by atoms with E-state index in [2.05, 4.69) is 4.98 Å². The summed E-state index contributed by atoms with van der Waals surface area (Å²) in [4.78, 5) is 32.7. The molecule has 1 saturated heterocycles. The highest BCUT2D eigenvalue weighted by atomic mass is 35.5. The second kappa shape index (κ2) is 9.64. The zero-order valence-electron chi connectivity index (χ0n) is 19.4. The molecule has 0 bridgehead atoms. The Morgan fingerprint density at radius 2 is 1.86 bits per heavy atom. The topological polar surface area (TPSA) is 89.0 Å². The second-order valence-corrected chi connectivity index (χ2v) is 9.46. The molecule has 0 aliphatic carbocycles. The number of benzene rings is 3. The second-order valence-electron chi connectivity index (χ2n) is 8.01. The molecule has 182 valence electrons. The summed E-state index contributed by atoms with van der Waals surface area (Å²) in [5.74, 6) is -0.676.